The Hall–Kier alpha value is -9.16. The van der Waals surface area contributed by atoms with Gasteiger partial charge in [-0.1, -0.05) is 42.5 Å². The lowest BCUT2D eigenvalue weighted by Crippen LogP contribution is -2.16. The second-order valence-electron chi connectivity index (χ2n) is 17.1. The smallest absolute Gasteiger partial charge is 0.143 e. The van der Waals surface area contributed by atoms with Gasteiger partial charge in [-0.3, -0.25) is 0 Å². The summed E-state index contributed by atoms with van der Waals surface area (Å²) < 4.78 is 19.9. The predicted molar refractivity (Wildman–Crippen MR) is 254 cm³/mol. The van der Waals surface area contributed by atoms with Crippen LogP contribution in [0.5, 0.6) is 63.2 Å². The minimum Gasteiger partial charge on any atom is -0.508 e. The van der Waals surface area contributed by atoms with E-state index in [4.69, 9.17) is 13.9 Å². The molecule has 9 aromatic rings. The van der Waals surface area contributed by atoms with E-state index in [1.807, 2.05) is 30.4 Å². The summed E-state index contributed by atoms with van der Waals surface area (Å²) in [4.78, 5) is 0. The number of hydrogen-bond donors (Lipinski definition) is 9. The fourth-order valence-corrected chi connectivity index (χ4v) is 9.78. The van der Waals surface area contributed by atoms with Gasteiger partial charge in [0, 0.05) is 51.9 Å². The van der Waals surface area contributed by atoms with Gasteiger partial charge in [0.25, 0.3) is 0 Å². The van der Waals surface area contributed by atoms with Crippen molar-refractivity contribution in [1.82, 2.24) is 0 Å². The lowest BCUT2D eigenvalue weighted by molar-refractivity contribution is 0.220. The van der Waals surface area contributed by atoms with E-state index >= 15 is 0 Å². The number of hydrogen-bond acceptors (Lipinski definition) is 12. The maximum Gasteiger partial charge on any atom is 0.143 e. The van der Waals surface area contributed by atoms with Gasteiger partial charge in [0.05, 0.1) is 11.8 Å². The van der Waals surface area contributed by atoms with E-state index in [2.05, 4.69) is 0 Å². The van der Waals surface area contributed by atoms with Crippen LogP contribution in [0.15, 0.2) is 156 Å². The fourth-order valence-electron chi connectivity index (χ4n) is 9.78. The van der Waals surface area contributed by atoms with Crippen LogP contribution in [0.4, 0.5) is 0 Å². The van der Waals surface area contributed by atoms with Gasteiger partial charge in [-0.05, 0) is 136 Å². The molecule has 2 aliphatic rings. The van der Waals surface area contributed by atoms with E-state index in [1.165, 1.54) is 48.5 Å². The van der Waals surface area contributed by atoms with Crippen LogP contribution >= 0.6 is 0 Å². The third kappa shape index (κ3) is 7.39. The van der Waals surface area contributed by atoms with Gasteiger partial charge < -0.3 is 59.8 Å². The number of phenolic OH excluding ortho intramolecular Hbond substituents is 9. The Morgan fingerprint density at radius 2 is 0.926 bits per heavy atom. The summed E-state index contributed by atoms with van der Waals surface area (Å²) in [5.41, 5.74) is 7.18. The molecule has 0 saturated carbocycles. The number of benzene rings is 8. The molecule has 12 nitrogen and oxygen atoms in total. The molecule has 9 N–H and O–H groups in total. The summed E-state index contributed by atoms with van der Waals surface area (Å²) in [7, 11) is 0. The van der Waals surface area contributed by atoms with Crippen LogP contribution < -0.4 is 9.47 Å². The normalized spacial score (nSPS) is 17.2. The molecule has 336 valence electrons. The molecule has 1 aromatic heterocycles. The first-order chi connectivity index (χ1) is 32.8. The number of fused-ring (bicyclic) bond motifs is 3. The Kier molecular flexibility index (Phi) is 9.82. The first kappa shape index (κ1) is 41.5. The summed E-state index contributed by atoms with van der Waals surface area (Å²) in [6, 6.07) is 40.3. The van der Waals surface area contributed by atoms with E-state index < -0.39 is 24.0 Å². The van der Waals surface area contributed by atoms with Gasteiger partial charge in [0.2, 0.25) is 0 Å². The zero-order chi connectivity index (χ0) is 47.0. The average molecular weight is 905 g/mol. The third-order valence-electron chi connectivity index (χ3n) is 12.6. The monoisotopic (exact) mass is 904 g/mol. The lowest BCUT2D eigenvalue weighted by atomic mass is 9.76. The van der Waals surface area contributed by atoms with Gasteiger partial charge in [-0.15, -0.1) is 0 Å². The average Bonchev–Trinajstić information content (AvgIpc) is 4.00. The Labute approximate surface area is 387 Å². The van der Waals surface area contributed by atoms with Crippen LogP contribution in [0, 0.1) is 0 Å². The number of furan rings is 1. The molecule has 3 heterocycles. The highest BCUT2D eigenvalue weighted by atomic mass is 16.5. The molecular formula is C56H40O12. The molecule has 0 saturated heterocycles. The minimum absolute atomic E-state index is 0.0516. The maximum atomic E-state index is 11.5. The molecule has 68 heavy (non-hydrogen) atoms. The Morgan fingerprint density at radius 1 is 0.382 bits per heavy atom. The highest BCUT2D eigenvalue weighted by molar-refractivity contribution is 6.07. The standard InChI is InChI=1S/C56H40O12/c57-35-10-4-29(5-11-35)54-50(33-19-38(60)23-39(61)20-33)49-32(18-42(64)26-47(49)67-54)3-1-28-2-16-46-44(17-28)52(56(66-46)31-8-14-37(59)15-9-31)45-25-43(65)27-48-53(45)51(34-21-40(62)24-41(63)22-34)55(68-48)30-6-12-36(58)13-7-30/h1-27,51-52,55-65H/b3-1+. The third-order valence-corrected chi connectivity index (χ3v) is 12.6. The number of phenols is 9. The Morgan fingerprint density at radius 3 is 1.56 bits per heavy atom. The van der Waals surface area contributed by atoms with Crippen molar-refractivity contribution in [2.24, 2.45) is 0 Å². The van der Waals surface area contributed by atoms with Crippen molar-refractivity contribution in [3.05, 3.63) is 196 Å². The van der Waals surface area contributed by atoms with E-state index in [9.17, 15) is 46.0 Å². The van der Waals surface area contributed by atoms with Crippen molar-refractivity contribution in [2.75, 3.05) is 0 Å². The summed E-state index contributed by atoms with van der Waals surface area (Å²) in [5, 5.41) is 96.5. The topological polar surface area (TPSA) is 214 Å². The molecule has 12 heteroatoms. The molecule has 4 unspecified atom stereocenters. The summed E-state index contributed by atoms with van der Waals surface area (Å²) >= 11 is 0. The lowest BCUT2D eigenvalue weighted by Gasteiger charge is -2.26. The second kappa shape index (κ2) is 16.1. The predicted octanol–water partition coefficient (Wildman–Crippen LogP) is 11.8. The molecule has 11 rings (SSSR count). The van der Waals surface area contributed by atoms with Gasteiger partial charge >= 0.3 is 0 Å². The number of ether oxygens (including phenoxy) is 2. The quantitative estimate of drug-likeness (QED) is 0.0652. The molecule has 0 fully saturated rings. The van der Waals surface area contributed by atoms with Gasteiger partial charge in [-0.25, -0.2) is 0 Å². The molecule has 0 aliphatic carbocycles. The Balaban J connectivity index is 1.08. The van der Waals surface area contributed by atoms with Crippen molar-refractivity contribution in [3.8, 4) is 85.7 Å². The van der Waals surface area contributed by atoms with Crippen LogP contribution in [-0.4, -0.2) is 46.0 Å². The number of aromatic hydroxyl groups is 9. The molecule has 0 spiro atoms. The van der Waals surface area contributed by atoms with Gasteiger partial charge in [-0.2, -0.15) is 0 Å². The molecule has 0 amide bonds. The van der Waals surface area contributed by atoms with Crippen molar-refractivity contribution in [3.63, 3.8) is 0 Å². The zero-order valence-electron chi connectivity index (χ0n) is 35.6. The molecule has 0 radical (unpaired) electrons. The van der Waals surface area contributed by atoms with E-state index in [0.717, 1.165) is 16.7 Å². The molecule has 8 aromatic carbocycles. The molecule has 2 aliphatic heterocycles. The molecular weight excluding hydrogens is 865 g/mol. The zero-order valence-corrected chi connectivity index (χ0v) is 35.6. The number of rotatable bonds is 8. The van der Waals surface area contributed by atoms with Crippen molar-refractivity contribution in [2.45, 2.75) is 24.0 Å². The van der Waals surface area contributed by atoms with E-state index in [0.29, 0.717) is 72.7 Å². The summed E-state index contributed by atoms with van der Waals surface area (Å²) in [6.45, 7) is 0. The van der Waals surface area contributed by atoms with E-state index in [1.54, 1.807) is 84.9 Å². The van der Waals surface area contributed by atoms with Crippen LogP contribution in [0.2, 0.25) is 0 Å². The minimum atomic E-state index is -0.721. The first-order valence-corrected chi connectivity index (χ1v) is 21.6. The van der Waals surface area contributed by atoms with Crippen molar-refractivity contribution >= 4 is 23.1 Å². The molecule has 4 atom stereocenters. The SMILES string of the molecule is Oc1ccc(-c2oc3cc(O)cc(/C=C/c4ccc5c(c4)C(c4cc(O)cc6c4C(c4cc(O)cc(O)c4)C(c4ccc(O)cc4)O6)C(c4ccc(O)cc4)O5)c3c2-c2cc(O)cc(O)c2)cc1. The highest BCUT2D eigenvalue weighted by Crippen LogP contribution is 2.59. The first-order valence-electron chi connectivity index (χ1n) is 21.6. The molecule has 0 bridgehead atoms. The second-order valence-corrected chi connectivity index (χ2v) is 17.1. The Bertz CT molecular complexity index is 3420. The van der Waals surface area contributed by atoms with Crippen LogP contribution in [-0.2, 0) is 0 Å². The van der Waals surface area contributed by atoms with Crippen molar-refractivity contribution < 1.29 is 59.8 Å². The maximum absolute atomic E-state index is 11.5. The fraction of sp³-hybridized carbons (Fsp3) is 0.0714. The van der Waals surface area contributed by atoms with E-state index in [-0.39, 0.29) is 51.7 Å². The highest BCUT2D eigenvalue weighted by Gasteiger charge is 2.45. The van der Waals surface area contributed by atoms with Crippen LogP contribution in [0.1, 0.15) is 68.6 Å². The summed E-state index contributed by atoms with van der Waals surface area (Å²) in [6.07, 6.45) is 2.28. The van der Waals surface area contributed by atoms with Crippen LogP contribution in [0.3, 0.4) is 0 Å². The largest absolute Gasteiger partial charge is 0.508 e. The van der Waals surface area contributed by atoms with Gasteiger partial charge in [0.1, 0.15) is 86.8 Å². The van der Waals surface area contributed by atoms with Gasteiger partial charge in [0.15, 0.2) is 0 Å². The summed E-state index contributed by atoms with van der Waals surface area (Å²) in [5.74, 6) is -0.592. The van der Waals surface area contributed by atoms with Crippen LogP contribution in [0.25, 0.3) is 45.6 Å². The van der Waals surface area contributed by atoms with Crippen molar-refractivity contribution in [1.29, 1.82) is 0 Å².